The number of amides is 4. The van der Waals surface area contributed by atoms with Crippen LogP contribution in [0.15, 0.2) is 18.2 Å². The fourth-order valence-corrected chi connectivity index (χ4v) is 2.54. The molecule has 0 heterocycles. The highest BCUT2D eigenvalue weighted by Gasteiger charge is 2.41. The number of ether oxygens (including phenoxy) is 1. The Labute approximate surface area is 146 Å². The molecule has 0 radical (unpaired) electrons. The minimum absolute atomic E-state index is 0.414. The quantitative estimate of drug-likeness (QED) is 0.625. The number of carbonyl (C=O) groups excluding carboxylic acids is 3. The lowest BCUT2D eigenvalue weighted by Gasteiger charge is -2.30. The molecule has 0 saturated carbocycles. The first-order valence-corrected chi connectivity index (χ1v) is 7.87. The highest BCUT2D eigenvalue weighted by Crippen LogP contribution is 2.30. The number of primary amides is 1. The molecule has 24 heavy (non-hydrogen) atoms. The molecule has 1 unspecified atom stereocenters. The van der Waals surface area contributed by atoms with E-state index in [9.17, 15) is 14.4 Å². The standard InChI is InChI=1S/C16H22ClN3O4/c1-5-10-8-7-9-11(6-2)12(10)20(15(23)24-4)13(21)16(3,17)19-14(18)22/h7-9H,5-6H2,1-4H3,(H3,18,19,22). The number of imide groups is 1. The molecule has 0 aromatic heterocycles. The van der Waals surface area contributed by atoms with Crippen molar-refractivity contribution in [2.75, 3.05) is 12.0 Å². The van der Waals surface area contributed by atoms with Crippen molar-refractivity contribution < 1.29 is 19.1 Å². The number of anilines is 1. The zero-order chi connectivity index (χ0) is 18.5. The molecule has 0 bridgehead atoms. The molecule has 132 valence electrons. The van der Waals surface area contributed by atoms with Crippen molar-refractivity contribution in [3.05, 3.63) is 29.3 Å². The smallest absolute Gasteiger partial charge is 0.421 e. The van der Waals surface area contributed by atoms with Crippen LogP contribution in [0.4, 0.5) is 15.3 Å². The van der Waals surface area contributed by atoms with Crippen LogP contribution in [0.3, 0.4) is 0 Å². The number of urea groups is 1. The maximum absolute atomic E-state index is 12.9. The second-order valence-electron chi connectivity index (χ2n) is 5.23. The van der Waals surface area contributed by atoms with Gasteiger partial charge < -0.3 is 15.8 Å². The number of aryl methyl sites for hydroxylation is 2. The highest BCUT2D eigenvalue weighted by atomic mass is 35.5. The fraction of sp³-hybridized carbons (Fsp3) is 0.438. The van der Waals surface area contributed by atoms with Crippen LogP contribution >= 0.6 is 11.6 Å². The summed E-state index contributed by atoms with van der Waals surface area (Å²) in [6.07, 6.45) is 0.284. The topological polar surface area (TPSA) is 102 Å². The molecule has 1 rings (SSSR count). The molecule has 0 aliphatic carbocycles. The summed E-state index contributed by atoms with van der Waals surface area (Å²) in [4.78, 5) is 35.2. The summed E-state index contributed by atoms with van der Waals surface area (Å²) in [5.74, 6) is -0.856. The first-order chi connectivity index (χ1) is 11.2. The van der Waals surface area contributed by atoms with E-state index in [1.807, 2.05) is 32.0 Å². The number of alkyl halides is 1. The van der Waals surface area contributed by atoms with Gasteiger partial charge in [0.1, 0.15) is 0 Å². The van der Waals surface area contributed by atoms with Gasteiger partial charge in [-0.15, -0.1) is 0 Å². The van der Waals surface area contributed by atoms with Gasteiger partial charge in [-0.3, -0.25) is 4.79 Å². The molecule has 1 aromatic rings. The summed E-state index contributed by atoms with van der Waals surface area (Å²) >= 11 is 6.11. The van der Waals surface area contributed by atoms with Gasteiger partial charge in [0.05, 0.1) is 12.8 Å². The molecular formula is C16H22ClN3O4. The van der Waals surface area contributed by atoms with E-state index in [2.05, 4.69) is 5.32 Å². The molecule has 0 saturated heterocycles. The molecular weight excluding hydrogens is 334 g/mol. The summed E-state index contributed by atoms with van der Waals surface area (Å²) in [7, 11) is 1.16. The van der Waals surface area contributed by atoms with Crippen LogP contribution in [-0.4, -0.2) is 30.1 Å². The van der Waals surface area contributed by atoms with Crippen molar-refractivity contribution in [2.24, 2.45) is 5.73 Å². The minimum atomic E-state index is -1.90. The summed E-state index contributed by atoms with van der Waals surface area (Å²) < 4.78 is 4.75. The van der Waals surface area contributed by atoms with E-state index in [0.717, 1.165) is 23.1 Å². The SMILES string of the molecule is CCc1cccc(CC)c1N(C(=O)OC)C(=O)C(C)(Cl)NC(N)=O. The number of hydrogen-bond donors (Lipinski definition) is 2. The van der Waals surface area contributed by atoms with Gasteiger partial charge in [-0.2, -0.15) is 0 Å². The van der Waals surface area contributed by atoms with E-state index in [4.69, 9.17) is 22.1 Å². The Balaban J connectivity index is 3.52. The Morgan fingerprint density at radius 1 is 1.25 bits per heavy atom. The average Bonchev–Trinajstić information content (AvgIpc) is 2.53. The van der Waals surface area contributed by atoms with E-state index in [1.54, 1.807) is 0 Å². The van der Waals surface area contributed by atoms with Crippen LogP contribution in [0.2, 0.25) is 0 Å². The number of halogens is 1. The minimum Gasteiger partial charge on any atom is -0.452 e. The number of para-hydroxylation sites is 1. The number of nitrogens with two attached hydrogens (primary N) is 1. The largest absolute Gasteiger partial charge is 0.452 e. The van der Waals surface area contributed by atoms with E-state index in [1.165, 1.54) is 6.92 Å². The van der Waals surface area contributed by atoms with Crippen LogP contribution < -0.4 is 16.0 Å². The van der Waals surface area contributed by atoms with E-state index >= 15 is 0 Å². The number of nitrogens with one attached hydrogen (secondary N) is 1. The zero-order valence-corrected chi connectivity index (χ0v) is 14.9. The monoisotopic (exact) mass is 355 g/mol. The van der Waals surface area contributed by atoms with Gasteiger partial charge in [-0.1, -0.05) is 43.6 Å². The molecule has 4 amide bonds. The summed E-state index contributed by atoms with van der Waals surface area (Å²) in [5, 5.41) is 2.13. The summed E-state index contributed by atoms with van der Waals surface area (Å²) in [5.41, 5.74) is 7.02. The van der Waals surface area contributed by atoms with Crippen molar-refractivity contribution in [1.29, 1.82) is 0 Å². The number of methoxy groups -OCH3 is 1. The van der Waals surface area contributed by atoms with Gasteiger partial charge in [0.25, 0.3) is 5.91 Å². The Bertz CT molecular complexity index is 624. The van der Waals surface area contributed by atoms with Gasteiger partial charge in [0.15, 0.2) is 5.00 Å². The van der Waals surface area contributed by atoms with Crippen molar-refractivity contribution >= 4 is 35.3 Å². The predicted octanol–water partition coefficient (Wildman–Crippen LogP) is 2.53. The first kappa shape index (κ1) is 19.8. The summed E-state index contributed by atoms with van der Waals surface area (Å²) in [6, 6.07) is 4.49. The second-order valence-corrected chi connectivity index (χ2v) is 5.99. The molecule has 1 aromatic carbocycles. The molecule has 1 atom stereocenters. The number of carbonyl (C=O) groups is 3. The summed E-state index contributed by atoms with van der Waals surface area (Å²) in [6.45, 7) is 5.05. The van der Waals surface area contributed by atoms with Crippen LogP contribution in [0.25, 0.3) is 0 Å². The van der Waals surface area contributed by atoms with Crippen molar-refractivity contribution in [3.63, 3.8) is 0 Å². The molecule has 0 aliphatic heterocycles. The van der Waals surface area contributed by atoms with Crippen molar-refractivity contribution in [1.82, 2.24) is 5.32 Å². The molecule has 8 heteroatoms. The van der Waals surface area contributed by atoms with Crippen LogP contribution in [0.5, 0.6) is 0 Å². The van der Waals surface area contributed by atoms with Gasteiger partial charge >= 0.3 is 12.1 Å². The molecule has 0 aliphatic rings. The van der Waals surface area contributed by atoms with Crippen LogP contribution in [-0.2, 0) is 22.4 Å². The Hall–Kier alpha value is -2.28. The average molecular weight is 356 g/mol. The van der Waals surface area contributed by atoms with Crippen LogP contribution in [0.1, 0.15) is 31.9 Å². The second kappa shape index (κ2) is 8.01. The third-order valence-electron chi connectivity index (χ3n) is 3.51. The van der Waals surface area contributed by atoms with Gasteiger partial charge in [-0.05, 0) is 30.9 Å². The Morgan fingerprint density at radius 3 is 2.12 bits per heavy atom. The lowest BCUT2D eigenvalue weighted by molar-refractivity contribution is -0.120. The van der Waals surface area contributed by atoms with Gasteiger partial charge in [0.2, 0.25) is 0 Å². The van der Waals surface area contributed by atoms with Gasteiger partial charge in [0, 0.05) is 0 Å². The van der Waals surface area contributed by atoms with Crippen molar-refractivity contribution in [2.45, 2.75) is 38.6 Å². The molecule has 0 spiro atoms. The van der Waals surface area contributed by atoms with Gasteiger partial charge in [-0.25, -0.2) is 14.5 Å². The van der Waals surface area contributed by atoms with E-state index in [0.29, 0.717) is 18.5 Å². The lowest BCUT2D eigenvalue weighted by Crippen LogP contribution is -2.57. The number of nitrogens with zero attached hydrogens (tertiary/aromatic N) is 1. The van der Waals surface area contributed by atoms with Crippen LogP contribution in [0, 0.1) is 0 Å². The predicted molar refractivity (Wildman–Crippen MR) is 92.1 cm³/mol. The maximum Gasteiger partial charge on any atom is 0.421 e. The third kappa shape index (κ3) is 4.17. The van der Waals surface area contributed by atoms with E-state index < -0.39 is 23.0 Å². The Kier molecular flexibility index (Phi) is 6.60. The van der Waals surface area contributed by atoms with Crippen molar-refractivity contribution in [3.8, 4) is 0 Å². The third-order valence-corrected chi connectivity index (χ3v) is 3.76. The normalized spacial score (nSPS) is 12.9. The lowest BCUT2D eigenvalue weighted by atomic mass is 10.0. The number of rotatable bonds is 5. The number of hydrogen-bond acceptors (Lipinski definition) is 4. The fourth-order valence-electron chi connectivity index (χ4n) is 2.36. The maximum atomic E-state index is 12.9. The molecule has 0 fully saturated rings. The highest BCUT2D eigenvalue weighted by molar-refractivity contribution is 6.39. The molecule has 7 nitrogen and oxygen atoms in total. The van der Waals surface area contributed by atoms with E-state index in [-0.39, 0.29) is 0 Å². The zero-order valence-electron chi connectivity index (χ0n) is 14.2. The Morgan fingerprint density at radius 2 is 1.75 bits per heavy atom. The molecule has 3 N–H and O–H groups in total. The first-order valence-electron chi connectivity index (χ1n) is 7.49. The number of benzene rings is 1.